The van der Waals surface area contributed by atoms with Gasteiger partial charge in [0.2, 0.25) is 0 Å². The zero-order chi connectivity index (χ0) is 29.5. The number of nitrogen functional groups attached to an aromatic ring is 1. The number of hydrogen-bond donors (Lipinski definition) is 4. The normalized spacial score (nSPS) is 11.1. The van der Waals surface area contributed by atoms with Crippen molar-refractivity contribution in [1.82, 2.24) is 19.5 Å². The van der Waals surface area contributed by atoms with Crippen LogP contribution in [0.2, 0.25) is 0 Å². The number of carbonyl (C=O) groups is 1. The van der Waals surface area contributed by atoms with Crippen LogP contribution in [0.15, 0.2) is 36.7 Å². The Labute approximate surface area is 228 Å². The summed E-state index contributed by atoms with van der Waals surface area (Å²) in [6, 6.07) is 7.23. The number of pyridine rings is 2. The Bertz CT molecular complexity index is 1390. The van der Waals surface area contributed by atoms with E-state index in [9.17, 15) is 26.7 Å². The number of nitrogens with one attached hydrogen (secondary N) is 1. The first kappa shape index (κ1) is 33.7. The minimum Gasteiger partial charge on any atom is -0.467 e. The second kappa shape index (κ2) is 16.6. The third-order valence-electron chi connectivity index (χ3n) is 4.84. The molecular formula is C23H36N6O8S2. The van der Waals surface area contributed by atoms with Crippen molar-refractivity contribution in [3.63, 3.8) is 0 Å². The van der Waals surface area contributed by atoms with Crippen LogP contribution in [0.5, 0.6) is 0 Å². The number of ether oxygens (including phenoxy) is 1. The number of carbonyl (C=O) groups excluding carboxylic acids is 1. The molecule has 3 aromatic heterocycles. The number of aliphatic hydroxyl groups is 2. The average Bonchev–Trinajstić information content (AvgIpc) is 3.24. The van der Waals surface area contributed by atoms with Crippen molar-refractivity contribution in [1.29, 1.82) is 0 Å². The van der Waals surface area contributed by atoms with Gasteiger partial charge in [0.15, 0.2) is 5.65 Å². The van der Waals surface area contributed by atoms with Crippen LogP contribution in [-0.2, 0) is 42.4 Å². The van der Waals surface area contributed by atoms with E-state index in [0.717, 1.165) is 11.2 Å². The van der Waals surface area contributed by atoms with Gasteiger partial charge in [-0.1, -0.05) is 0 Å². The van der Waals surface area contributed by atoms with Gasteiger partial charge in [0.05, 0.1) is 29.8 Å². The van der Waals surface area contributed by atoms with E-state index >= 15 is 0 Å². The van der Waals surface area contributed by atoms with Gasteiger partial charge in [-0.2, -0.15) is 0 Å². The van der Waals surface area contributed by atoms with E-state index in [1.54, 1.807) is 24.5 Å². The van der Waals surface area contributed by atoms with Gasteiger partial charge in [-0.25, -0.2) is 36.6 Å². The number of methoxy groups -OCH3 is 1. The summed E-state index contributed by atoms with van der Waals surface area (Å²) in [7, 11) is -4.62. The monoisotopic (exact) mass is 588 g/mol. The third-order valence-corrected chi connectivity index (χ3v) is 6.90. The number of fused-ring (bicyclic) bond motifs is 1. The van der Waals surface area contributed by atoms with Crippen LogP contribution in [0.3, 0.4) is 0 Å². The van der Waals surface area contributed by atoms with Gasteiger partial charge in [-0.3, -0.25) is 0 Å². The maximum atomic E-state index is 11.1. The maximum Gasteiger partial charge on any atom is 0.331 e. The van der Waals surface area contributed by atoms with E-state index in [-0.39, 0.29) is 18.1 Å². The molecule has 0 radical (unpaired) electrons. The van der Waals surface area contributed by atoms with Crippen LogP contribution < -0.4 is 11.1 Å². The molecule has 5 N–H and O–H groups in total. The predicted octanol–water partition coefficient (Wildman–Crippen LogP) is 0.0204. The van der Waals surface area contributed by atoms with Crippen LogP contribution >= 0.6 is 0 Å². The van der Waals surface area contributed by atoms with E-state index in [4.69, 9.17) is 10.8 Å². The summed E-state index contributed by atoms with van der Waals surface area (Å²) in [5, 5.41) is 20.1. The van der Waals surface area contributed by atoms with Gasteiger partial charge in [-0.15, -0.1) is 0 Å². The standard InChI is InChI=1S/C11H15N3O3S.C9H15N3O2S.C3H6O3/c1-18(16,17)7-3-6-14-9-4-2-5-12-11(9)13-10(14)8-15;1-15(13,14)7-3-6-11-8-4-2-5-12-9(8)10;1-6-3(5)2-4/h2,4-5,15H,3,6-8H2,1H3;2,4-5,11H,3,6-7H2,1H3,(H2,10,12);4H,2H2,1H3. The minimum absolute atomic E-state index is 0.123. The first-order chi connectivity index (χ1) is 18.3. The van der Waals surface area contributed by atoms with Gasteiger partial charge in [0, 0.05) is 38.0 Å². The van der Waals surface area contributed by atoms with Gasteiger partial charge in [-0.05, 0) is 37.1 Å². The molecule has 16 heteroatoms. The number of nitrogens with two attached hydrogens (primary N) is 1. The molecule has 3 aromatic rings. The molecule has 0 aromatic carbocycles. The highest BCUT2D eigenvalue weighted by Crippen LogP contribution is 2.15. The number of aliphatic hydroxyl groups excluding tert-OH is 2. The van der Waals surface area contributed by atoms with Crippen molar-refractivity contribution >= 4 is 48.3 Å². The van der Waals surface area contributed by atoms with E-state index < -0.39 is 32.3 Å². The molecule has 14 nitrogen and oxygen atoms in total. The van der Waals surface area contributed by atoms with E-state index in [1.807, 2.05) is 16.7 Å². The SMILES string of the molecule is COC(=O)CO.CS(=O)(=O)CCCNc1cccnc1N.CS(=O)(=O)CCCn1c(CO)nc2ncccc21. The molecule has 0 fully saturated rings. The molecule has 39 heavy (non-hydrogen) atoms. The van der Waals surface area contributed by atoms with Crippen molar-refractivity contribution in [2.24, 2.45) is 0 Å². The fourth-order valence-corrected chi connectivity index (χ4v) is 4.37. The van der Waals surface area contributed by atoms with Gasteiger partial charge < -0.3 is 30.6 Å². The number of nitrogens with zero attached hydrogens (tertiary/aromatic N) is 4. The summed E-state index contributed by atoms with van der Waals surface area (Å²) in [6.45, 7) is 0.361. The Morgan fingerprint density at radius 1 is 1.03 bits per heavy atom. The third kappa shape index (κ3) is 13.9. The van der Waals surface area contributed by atoms with Crippen LogP contribution in [0.25, 0.3) is 11.2 Å². The van der Waals surface area contributed by atoms with Crippen LogP contribution in [0.4, 0.5) is 11.5 Å². The number of anilines is 2. The van der Waals surface area contributed by atoms with Crippen molar-refractivity contribution in [3.8, 4) is 0 Å². The molecule has 0 saturated carbocycles. The lowest BCUT2D eigenvalue weighted by Crippen LogP contribution is -2.10. The molecule has 0 aliphatic heterocycles. The highest BCUT2D eigenvalue weighted by molar-refractivity contribution is 7.90. The fourth-order valence-electron chi connectivity index (χ4n) is 3.05. The molecule has 0 aliphatic rings. The Balaban J connectivity index is 0.000000328. The van der Waals surface area contributed by atoms with Crippen LogP contribution in [0.1, 0.15) is 18.7 Å². The Kier molecular flexibility index (Phi) is 14.3. The fraction of sp³-hybridized carbons (Fsp3) is 0.478. The largest absolute Gasteiger partial charge is 0.467 e. The summed E-state index contributed by atoms with van der Waals surface area (Å²) in [5.74, 6) is 0.641. The van der Waals surface area contributed by atoms with Crippen molar-refractivity contribution in [2.75, 3.05) is 55.3 Å². The molecule has 0 saturated heterocycles. The molecule has 0 atom stereocenters. The molecule has 0 bridgehead atoms. The number of hydrogen-bond acceptors (Lipinski definition) is 13. The molecule has 0 aliphatic carbocycles. The average molecular weight is 589 g/mol. The topological polar surface area (TPSA) is 217 Å². The zero-order valence-corrected chi connectivity index (χ0v) is 23.8. The van der Waals surface area contributed by atoms with Crippen LogP contribution in [-0.4, -0.2) is 96.8 Å². The van der Waals surface area contributed by atoms with Crippen molar-refractivity contribution < 1.29 is 36.6 Å². The number of aryl methyl sites for hydroxylation is 1. The summed E-state index contributed by atoms with van der Waals surface area (Å²) < 4.78 is 49.7. The minimum atomic E-state index is -2.96. The number of imidazole rings is 1. The van der Waals surface area contributed by atoms with Crippen LogP contribution in [0, 0.1) is 0 Å². The highest BCUT2D eigenvalue weighted by atomic mass is 32.2. The number of sulfone groups is 2. The molecular weight excluding hydrogens is 552 g/mol. The smallest absolute Gasteiger partial charge is 0.331 e. The van der Waals surface area contributed by atoms with Crippen molar-refractivity contribution in [2.45, 2.75) is 26.0 Å². The molecule has 0 unspecified atom stereocenters. The first-order valence-electron chi connectivity index (χ1n) is 11.7. The number of esters is 1. The summed E-state index contributed by atoms with van der Waals surface area (Å²) in [4.78, 5) is 21.9. The van der Waals surface area contributed by atoms with E-state index in [0.29, 0.717) is 43.2 Å². The lowest BCUT2D eigenvalue weighted by atomic mass is 10.3. The highest BCUT2D eigenvalue weighted by Gasteiger charge is 2.11. The second-order valence-electron chi connectivity index (χ2n) is 8.25. The van der Waals surface area contributed by atoms with E-state index in [2.05, 4.69) is 25.0 Å². The lowest BCUT2D eigenvalue weighted by molar-refractivity contribution is -0.143. The molecule has 218 valence electrons. The molecule has 3 heterocycles. The maximum absolute atomic E-state index is 11.1. The predicted molar refractivity (Wildman–Crippen MR) is 148 cm³/mol. The zero-order valence-electron chi connectivity index (χ0n) is 22.1. The van der Waals surface area contributed by atoms with Gasteiger partial charge in [0.1, 0.15) is 44.5 Å². The molecule has 3 rings (SSSR count). The summed E-state index contributed by atoms with van der Waals surface area (Å²) in [6.07, 6.45) is 6.74. The van der Waals surface area contributed by atoms with Gasteiger partial charge in [0.25, 0.3) is 0 Å². The molecule has 0 amide bonds. The number of rotatable bonds is 11. The number of aromatic nitrogens is 4. The Morgan fingerprint density at radius 2 is 1.64 bits per heavy atom. The molecule has 0 spiro atoms. The van der Waals surface area contributed by atoms with E-state index in [1.165, 1.54) is 19.6 Å². The Hall–Kier alpha value is -3.34. The summed E-state index contributed by atoms with van der Waals surface area (Å²) >= 11 is 0. The lowest BCUT2D eigenvalue weighted by Gasteiger charge is -2.07. The summed E-state index contributed by atoms with van der Waals surface area (Å²) in [5.41, 5.74) is 7.72. The first-order valence-corrected chi connectivity index (χ1v) is 15.8. The second-order valence-corrected chi connectivity index (χ2v) is 12.8. The quantitative estimate of drug-likeness (QED) is 0.172. The van der Waals surface area contributed by atoms with Gasteiger partial charge >= 0.3 is 5.97 Å². The van der Waals surface area contributed by atoms with Crippen molar-refractivity contribution in [3.05, 3.63) is 42.5 Å². The Morgan fingerprint density at radius 3 is 2.18 bits per heavy atom.